The van der Waals surface area contributed by atoms with Crippen LogP contribution in [-0.4, -0.2) is 48.9 Å². The van der Waals surface area contributed by atoms with Gasteiger partial charge in [-0.1, -0.05) is 0 Å². The summed E-state index contributed by atoms with van der Waals surface area (Å²) in [5.41, 5.74) is 0.423. The first-order chi connectivity index (χ1) is 17.6. The van der Waals surface area contributed by atoms with Crippen LogP contribution in [0.15, 0.2) is 40.5 Å². The van der Waals surface area contributed by atoms with Gasteiger partial charge in [-0.3, -0.25) is 10.3 Å². The molecule has 192 valence electrons. The predicted molar refractivity (Wildman–Crippen MR) is 124 cm³/mol. The number of carboxylic acid groups (broad SMARTS) is 1. The zero-order valence-corrected chi connectivity index (χ0v) is 19.6. The fraction of sp³-hybridized carbons (Fsp3) is 0.190. The summed E-state index contributed by atoms with van der Waals surface area (Å²) in [6.45, 7) is 1.89. The second-order valence-electron chi connectivity index (χ2n) is 7.26. The Kier molecular flexibility index (Phi) is 7.28. The lowest BCUT2D eigenvalue weighted by Gasteiger charge is -2.11. The number of rotatable bonds is 7. The molecule has 0 radical (unpaired) electrons. The van der Waals surface area contributed by atoms with E-state index in [1.165, 1.54) is 24.7 Å². The zero-order valence-electron chi connectivity index (χ0n) is 18.8. The van der Waals surface area contributed by atoms with E-state index in [1.54, 1.807) is 13.0 Å². The minimum Gasteiger partial charge on any atom is -0.465 e. The normalized spacial score (nSPS) is 11.2. The zero-order chi connectivity index (χ0) is 26.6. The van der Waals surface area contributed by atoms with Gasteiger partial charge in [-0.05, 0) is 19.1 Å². The largest absolute Gasteiger partial charge is 0.465 e. The van der Waals surface area contributed by atoms with Gasteiger partial charge in [0.2, 0.25) is 11.8 Å². The van der Waals surface area contributed by atoms with Crippen molar-refractivity contribution in [2.24, 2.45) is 0 Å². The summed E-state index contributed by atoms with van der Waals surface area (Å²) >= 11 is 0.784. The second-order valence-corrected chi connectivity index (χ2v) is 8.12. The highest BCUT2D eigenvalue weighted by Gasteiger charge is 2.34. The molecule has 0 spiro atoms. The van der Waals surface area contributed by atoms with Crippen LogP contribution in [-0.2, 0) is 12.7 Å². The predicted octanol–water partition coefficient (Wildman–Crippen LogP) is 4.24. The fourth-order valence-corrected chi connectivity index (χ4v) is 3.93. The molecule has 0 saturated carbocycles. The molecule has 0 aliphatic carbocycles. The molecule has 0 bridgehead atoms. The van der Waals surface area contributed by atoms with Crippen molar-refractivity contribution in [3.05, 3.63) is 47.7 Å². The first-order valence-corrected chi connectivity index (χ1v) is 11.3. The third-order valence-electron chi connectivity index (χ3n) is 4.66. The summed E-state index contributed by atoms with van der Waals surface area (Å²) < 4.78 is 45.1. The van der Waals surface area contributed by atoms with E-state index in [0.717, 1.165) is 16.7 Å². The van der Waals surface area contributed by atoms with Gasteiger partial charge in [-0.15, -0.1) is 21.5 Å². The Bertz CT molecular complexity index is 1440. The van der Waals surface area contributed by atoms with Gasteiger partial charge in [-0.25, -0.2) is 19.6 Å². The molecule has 16 heteroatoms. The molecule has 12 nitrogen and oxygen atoms in total. The van der Waals surface area contributed by atoms with E-state index in [9.17, 15) is 22.8 Å². The van der Waals surface area contributed by atoms with Gasteiger partial charge in [0.15, 0.2) is 5.69 Å². The summed E-state index contributed by atoms with van der Waals surface area (Å²) in [4.78, 5) is 34.7. The summed E-state index contributed by atoms with van der Waals surface area (Å²) in [7, 11) is 0. The van der Waals surface area contributed by atoms with Crippen LogP contribution in [0.2, 0.25) is 0 Å². The summed E-state index contributed by atoms with van der Waals surface area (Å²) in [5.74, 6) is 0.174. The Hall–Kier alpha value is -4.60. The quantitative estimate of drug-likeness (QED) is 0.271. The Morgan fingerprint density at radius 1 is 1.08 bits per heavy atom. The minimum absolute atomic E-state index is 0.0217. The van der Waals surface area contributed by atoms with Gasteiger partial charge in [0.1, 0.15) is 10.8 Å². The van der Waals surface area contributed by atoms with E-state index in [4.69, 9.17) is 9.52 Å². The first-order valence-electron chi connectivity index (χ1n) is 10.5. The molecule has 4 aromatic heterocycles. The Morgan fingerprint density at radius 2 is 1.86 bits per heavy atom. The third kappa shape index (κ3) is 6.16. The number of aromatic nitrogens is 5. The van der Waals surface area contributed by atoms with Gasteiger partial charge < -0.3 is 20.2 Å². The number of hydrogen-bond acceptors (Lipinski definition) is 9. The van der Waals surface area contributed by atoms with Crippen molar-refractivity contribution < 1.29 is 32.3 Å². The summed E-state index contributed by atoms with van der Waals surface area (Å²) in [6.07, 6.45) is -1.62. The standard InChI is InChI=1S/C21H17F3N8O4S/c1-2-26-19(33)30-15-4-12(18-29-14(9-37-18)21(22,23)24)13(7-27-15)10-3-11(6-25-5-10)17-32-31-16(36-17)8-28-20(34)35/h3-7,9,28H,2,8H2,1H3,(H,34,35)(H2,26,27,30,33). The Labute approximate surface area is 210 Å². The van der Waals surface area contributed by atoms with Gasteiger partial charge in [-0.2, -0.15) is 13.2 Å². The van der Waals surface area contributed by atoms with Crippen molar-refractivity contribution in [3.8, 4) is 33.2 Å². The molecule has 0 fully saturated rings. The maximum Gasteiger partial charge on any atom is 0.434 e. The van der Waals surface area contributed by atoms with Crippen LogP contribution in [0, 0.1) is 0 Å². The second kappa shape index (κ2) is 10.6. The highest BCUT2D eigenvalue weighted by Crippen LogP contribution is 2.38. The number of carbonyl (C=O) groups is 2. The van der Waals surface area contributed by atoms with Crippen molar-refractivity contribution in [2.75, 3.05) is 11.9 Å². The number of halogens is 3. The lowest BCUT2D eigenvalue weighted by molar-refractivity contribution is -0.140. The molecule has 0 aliphatic heterocycles. The molecule has 0 aliphatic rings. The Balaban J connectivity index is 1.73. The van der Waals surface area contributed by atoms with Crippen molar-refractivity contribution in [3.63, 3.8) is 0 Å². The SMILES string of the molecule is CCNC(=O)Nc1cc(-c2nc(C(F)(F)F)cs2)c(-c2cncc(-c3nnc(CNC(=O)O)o3)c2)cn1. The number of thiazole rings is 1. The number of urea groups is 1. The van der Waals surface area contributed by atoms with E-state index in [2.05, 4.69) is 41.1 Å². The number of carbonyl (C=O) groups excluding carboxylic acids is 1. The molecule has 0 aromatic carbocycles. The maximum atomic E-state index is 13.2. The highest BCUT2D eigenvalue weighted by atomic mass is 32.1. The molecule has 37 heavy (non-hydrogen) atoms. The molecule has 4 rings (SSSR count). The maximum absolute atomic E-state index is 13.2. The first kappa shape index (κ1) is 25.5. The van der Waals surface area contributed by atoms with Crippen LogP contribution < -0.4 is 16.0 Å². The molecular formula is C21H17F3N8O4S. The fourth-order valence-electron chi connectivity index (χ4n) is 3.08. The number of pyridine rings is 2. The minimum atomic E-state index is -4.63. The van der Waals surface area contributed by atoms with Gasteiger partial charge >= 0.3 is 18.3 Å². The average molecular weight is 534 g/mol. The molecule has 4 N–H and O–H groups in total. The topological polar surface area (TPSA) is 168 Å². The number of nitrogens with one attached hydrogen (secondary N) is 3. The number of nitrogens with zero attached hydrogens (tertiary/aromatic N) is 5. The van der Waals surface area contributed by atoms with E-state index in [0.29, 0.717) is 23.2 Å². The van der Waals surface area contributed by atoms with Crippen LogP contribution >= 0.6 is 11.3 Å². The van der Waals surface area contributed by atoms with E-state index < -0.39 is 24.0 Å². The molecular weight excluding hydrogens is 517 g/mol. The van der Waals surface area contributed by atoms with Crippen molar-refractivity contribution in [1.82, 2.24) is 35.8 Å². The van der Waals surface area contributed by atoms with Crippen LogP contribution in [0.4, 0.5) is 28.6 Å². The summed E-state index contributed by atoms with van der Waals surface area (Å²) in [6, 6.07) is 2.49. The van der Waals surface area contributed by atoms with Crippen LogP contribution in [0.3, 0.4) is 0 Å². The van der Waals surface area contributed by atoms with E-state index >= 15 is 0 Å². The van der Waals surface area contributed by atoms with Crippen molar-refractivity contribution in [1.29, 1.82) is 0 Å². The molecule has 4 heterocycles. The van der Waals surface area contributed by atoms with Crippen molar-refractivity contribution in [2.45, 2.75) is 19.6 Å². The number of amides is 3. The molecule has 3 amide bonds. The molecule has 4 aromatic rings. The number of anilines is 1. The van der Waals surface area contributed by atoms with E-state index in [1.807, 2.05) is 0 Å². The highest BCUT2D eigenvalue weighted by molar-refractivity contribution is 7.13. The molecule has 0 atom stereocenters. The van der Waals surface area contributed by atoms with Gasteiger partial charge in [0.05, 0.1) is 12.1 Å². The smallest absolute Gasteiger partial charge is 0.434 e. The summed E-state index contributed by atoms with van der Waals surface area (Å²) in [5, 5.41) is 24.5. The monoisotopic (exact) mass is 534 g/mol. The van der Waals surface area contributed by atoms with Crippen LogP contribution in [0.5, 0.6) is 0 Å². The number of hydrogen-bond donors (Lipinski definition) is 4. The van der Waals surface area contributed by atoms with Crippen LogP contribution in [0.25, 0.3) is 33.2 Å². The Morgan fingerprint density at radius 3 is 2.57 bits per heavy atom. The molecule has 0 saturated heterocycles. The lowest BCUT2D eigenvalue weighted by Crippen LogP contribution is -2.28. The van der Waals surface area contributed by atoms with E-state index in [-0.39, 0.29) is 34.7 Å². The van der Waals surface area contributed by atoms with Crippen LogP contribution in [0.1, 0.15) is 18.5 Å². The van der Waals surface area contributed by atoms with Gasteiger partial charge in [0.25, 0.3) is 0 Å². The lowest BCUT2D eigenvalue weighted by atomic mass is 10.0. The number of alkyl halides is 3. The van der Waals surface area contributed by atoms with Crippen molar-refractivity contribution >= 4 is 29.3 Å². The average Bonchev–Trinajstić information content (AvgIpc) is 3.53. The molecule has 0 unspecified atom stereocenters. The van der Waals surface area contributed by atoms with Gasteiger partial charge in [0, 0.05) is 47.2 Å². The third-order valence-corrected chi connectivity index (χ3v) is 5.54.